The normalized spacial score (nSPS) is 15.6. The second-order valence-electron chi connectivity index (χ2n) is 5.05. The Morgan fingerprint density at radius 1 is 1.12 bits per heavy atom. The quantitative estimate of drug-likeness (QED) is 0.498. The van der Waals surface area contributed by atoms with Crippen LogP contribution in [0, 0.1) is 0 Å². The van der Waals surface area contributed by atoms with Crippen molar-refractivity contribution < 1.29 is 9.53 Å². The molecule has 2 aromatic rings. The smallest absolute Gasteiger partial charge is 0.263 e. The topological polar surface area (TPSA) is 38.3 Å². The third-order valence-electron chi connectivity index (χ3n) is 3.29. The summed E-state index contributed by atoms with van der Waals surface area (Å²) in [7, 11) is 0. The minimum atomic E-state index is -0.235. The van der Waals surface area contributed by atoms with Gasteiger partial charge in [0.1, 0.15) is 10.9 Å². The average Bonchev–Trinajstić information content (AvgIpc) is 2.85. The molecule has 1 N–H and O–H groups in total. The molecule has 8 heteroatoms. The Kier molecular flexibility index (Phi) is 5.92. The third-order valence-corrected chi connectivity index (χ3v) is 5.38. The summed E-state index contributed by atoms with van der Waals surface area (Å²) in [6, 6.07) is 10.7. The van der Waals surface area contributed by atoms with Gasteiger partial charge in [-0.15, -0.1) is 0 Å². The third kappa shape index (κ3) is 4.49. The number of hydrogen-bond acceptors (Lipinski definition) is 4. The molecule has 128 valence electrons. The van der Waals surface area contributed by atoms with Gasteiger partial charge >= 0.3 is 0 Å². The van der Waals surface area contributed by atoms with Crippen LogP contribution in [0.3, 0.4) is 0 Å². The number of thioether (sulfide) groups is 1. The van der Waals surface area contributed by atoms with E-state index in [4.69, 9.17) is 51.8 Å². The number of hydrogen-bond donors (Lipinski definition) is 1. The van der Waals surface area contributed by atoms with Gasteiger partial charge in [0.2, 0.25) is 0 Å². The number of benzene rings is 2. The summed E-state index contributed by atoms with van der Waals surface area (Å²) in [5.41, 5.74) is 1.51. The minimum absolute atomic E-state index is 0.235. The van der Waals surface area contributed by atoms with Crippen molar-refractivity contribution in [3.63, 3.8) is 0 Å². The zero-order valence-corrected chi connectivity index (χ0v) is 16.4. The molecule has 3 nitrogen and oxygen atoms in total. The molecular formula is C17H10Cl3NO2S2. The molecule has 3 rings (SSSR count). The molecular weight excluding hydrogens is 421 g/mol. The SMILES string of the molecule is O=C1NC(=S)S/C1=C\c1cc(Cl)c(OCc2ccccc2Cl)c(Cl)c1. The fraction of sp³-hybridized carbons (Fsp3) is 0.0588. The van der Waals surface area contributed by atoms with Crippen molar-refractivity contribution in [2.45, 2.75) is 6.61 Å². The highest BCUT2D eigenvalue weighted by atomic mass is 35.5. The van der Waals surface area contributed by atoms with Gasteiger partial charge in [0.05, 0.1) is 15.0 Å². The maximum absolute atomic E-state index is 11.7. The fourth-order valence-corrected chi connectivity index (χ4v) is 3.99. The summed E-state index contributed by atoms with van der Waals surface area (Å²) in [4.78, 5) is 12.2. The minimum Gasteiger partial charge on any atom is -0.486 e. The van der Waals surface area contributed by atoms with Crippen molar-refractivity contribution in [3.8, 4) is 5.75 Å². The van der Waals surface area contributed by atoms with E-state index in [-0.39, 0.29) is 12.5 Å². The van der Waals surface area contributed by atoms with E-state index in [9.17, 15) is 4.79 Å². The molecule has 0 saturated carbocycles. The van der Waals surface area contributed by atoms with Crippen molar-refractivity contribution in [1.29, 1.82) is 0 Å². The Bertz CT molecular complexity index is 876. The van der Waals surface area contributed by atoms with Crippen molar-refractivity contribution in [2.24, 2.45) is 0 Å². The largest absolute Gasteiger partial charge is 0.486 e. The first kappa shape index (κ1) is 18.5. The summed E-state index contributed by atoms with van der Waals surface area (Å²) in [6.07, 6.45) is 1.68. The Balaban J connectivity index is 1.81. The Morgan fingerprint density at radius 3 is 2.40 bits per heavy atom. The van der Waals surface area contributed by atoms with E-state index in [1.165, 1.54) is 11.8 Å². The lowest BCUT2D eigenvalue weighted by Crippen LogP contribution is -2.17. The molecule has 2 aromatic carbocycles. The standard InChI is InChI=1S/C17H10Cl3NO2S2/c18-11-4-2-1-3-10(11)8-23-15-12(19)5-9(6-13(15)20)7-14-16(22)21-17(24)25-14/h1-7H,8H2,(H,21,22,24)/b14-7-. The molecule has 1 heterocycles. The second kappa shape index (κ2) is 7.98. The van der Waals surface area contributed by atoms with Crippen LogP contribution in [0.4, 0.5) is 0 Å². The Labute approximate surface area is 169 Å². The van der Waals surface area contributed by atoms with Gasteiger partial charge in [-0.1, -0.05) is 77.0 Å². The van der Waals surface area contributed by atoms with E-state index in [1.807, 2.05) is 18.2 Å². The molecule has 0 aliphatic carbocycles. The number of amides is 1. The molecule has 0 atom stereocenters. The number of carbonyl (C=O) groups is 1. The van der Waals surface area contributed by atoms with Crippen LogP contribution in [0.1, 0.15) is 11.1 Å². The first-order chi connectivity index (χ1) is 11.9. The van der Waals surface area contributed by atoms with Gasteiger partial charge in [0.25, 0.3) is 5.91 Å². The summed E-state index contributed by atoms with van der Waals surface area (Å²) < 4.78 is 6.15. The van der Waals surface area contributed by atoms with Gasteiger partial charge in [-0.25, -0.2) is 0 Å². The van der Waals surface area contributed by atoms with Crippen LogP contribution in [0.5, 0.6) is 5.75 Å². The lowest BCUT2D eigenvalue weighted by atomic mass is 10.2. The van der Waals surface area contributed by atoms with Crippen LogP contribution in [0.2, 0.25) is 15.1 Å². The van der Waals surface area contributed by atoms with Crippen molar-refractivity contribution in [1.82, 2.24) is 5.32 Å². The first-order valence-electron chi connectivity index (χ1n) is 7.04. The number of thiocarbonyl (C=S) groups is 1. The van der Waals surface area contributed by atoms with E-state index in [0.717, 1.165) is 5.56 Å². The average molecular weight is 431 g/mol. The molecule has 0 radical (unpaired) electrons. The zero-order chi connectivity index (χ0) is 18.0. The fourth-order valence-electron chi connectivity index (χ4n) is 2.14. The summed E-state index contributed by atoms with van der Waals surface area (Å²) in [5.74, 6) is 0.130. The molecule has 1 aliphatic rings. The highest BCUT2D eigenvalue weighted by Crippen LogP contribution is 2.36. The number of carbonyl (C=O) groups excluding carboxylic acids is 1. The number of halogens is 3. The summed E-state index contributed by atoms with van der Waals surface area (Å²) in [5, 5.41) is 3.85. The Morgan fingerprint density at radius 2 is 1.80 bits per heavy atom. The summed E-state index contributed by atoms with van der Waals surface area (Å²) >= 11 is 24.8. The van der Waals surface area contributed by atoms with Crippen molar-refractivity contribution in [2.75, 3.05) is 0 Å². The number of nitrogens with one attached hydrogen (secondary N) is 1. The van der Waals surface area contributed by atoms with Crippen LogP contribution < -0.4 is 10.1 Å². The van der Waals surface area contributed by atoms with Gasteiger partial charge < -0.3 is 10.1 Å². The van der Waals surface area contributed by atoms with Gasteiger partial charge in [0.15, 0.2) is 5.75 Å². The predicted molar refractivity (Wildman–Crippen MR) is 109 cm³/mol. The van der Waals surface area contributed by atoms with Crippen LogP contribution >= 0.6 is 58.8 Å². The van der Waals surface area contributed by atoms with Crippen LogP contribution in [-0.4, -0.2) is 10.2 Å². The second-order valence-corrected chi connectivity index (χ2v) is 7.99. The van der Waals surface area contributed by atoms with E-state index in [2.05, 4.69) is 5.32 Å². The van der Waals surface area contributed by atoms with E-state index in [0.29, 0.717) is 35.6 Å². The molecule has 25 heavy (non-hydrogen) atoms. The lowest BCUT2D eigenvalue weighted by Gasteiger charge is -2.12. The number of rotatable bonds is 4. The maximum atomic E-state index is 11.7. The van der Waals surface area contributed by atoms with E-state index < -0.39 is 0 Å². The Hall–Kier alpha value is -1.24. The molecule has 0 unspecified atom stereocenters. The van der Waals surface area contributed by atoms with E-state index in [1.54, 1.807) is 24.3 Å². The lowest BCUT2D eigenvalue weighted by molar-refractivity contribution is -0.115. The van der Waals surface area contributed by atoms with Crippen molar-refractivity contribution >= 4 is 75.1 Å². The van der Waals surface area contributed by atoms with Gasteiger partial charge in [-0.05, 0) is 29.8 Å². The molecule has 0 spiro atoms. The highest BCUT2D eigenvalue weighted by molar-refractivity contribution is 8.26. The maximum Gasteiger partial charge on any atom is 0.263 e. The molecule has 0 aromatic heterocycles. The zero-order valence-electron chi connectivity index (χ0n) is 12.5. The molecule has 1 saturated heterocycles. The first-order valence-corrected chi connectivity index (χ1v) is 9.40. The predicted octanol–water partition coefficient (Wildman–Crippen LogP) is 5.71. The van der Waals surface area contributed by atoms with E-state index >= 15 is 0 Å². The van der Waals surface area contributed by atoms with Crippen LogP contribution in [0.25, 0.3) is 6.08 Å². The molecule has 1 aliphatic heterocycles. The molecule has 0 bridgehead atoms. The van der Waals surface area contributed by atoms with Gasteiger partial charge in [-0.2, -0.15) is 0 Å². The molecule has 1 amide bonds. The van der Waals surface area contributed by atoms with Crippen molar-refractivity contribution in [3.05, 3.63) is 67.5 Å². The van der Waals surface area contributed by atoms with Crippen LogP contribution in [0.15, 0.2) is 41.3 Å². The van der Waals surface area contributed by atoms with Gasteiger partial charge in [-0.3, -0.25) is 4.79 Å². The highest BCUT2D eigenvalue weighted by Gasteiger charge is 2.22. The van der Waals surface area contributed by atoms with Gasteiger partial charge in [0, 0.05) is 10.6 Å². The number of ether oxygens (including phenoxy) is 1. The van der Waals surface area contributed by atoms with Crippen LogP contribution in [-0.2, 0) is 11.4 Å². The summed E-state index contributed by atoms with van der Waals surface area (Å²) in [6.45, 7) is 0.242. The monoisotopic (exact) mass is 429 g/mol. The molecule has 1 fully saturated rings.